The van der Waals surface area contributed by atoms with Gasteiger partial charge in [-0.15, -0.1) is 0 Å². The van der Waals surface area contributed by atoms with Gasteiger partial charge in [-0.1, -0.05) is 23.7 Å². The van der Waals surface area contributed by atoms with Gasteiger partial charge in [0.1, 0.15) is 0 Å². The zero-order valence-electron chi connectivity index (χ0n) is 10.1. The number of nitrogens with one attached hydrogen (secondary N) is 1. The third kappa shape index (κ3) is 2.42. The monoisotopic (exact) mass is 261 g/mol. The second-order valence-corrected chi connectivity index (χ2v) is 5.16. The highest BCUT2D eigenvalue weighted by Crippen LogP contribution is 2.23. The van der Waals surface area contributed by atoms with E-state index in [4.69, 9.17) is 11.6 Å². The number of rotatable bonds is 3. The molecule has 1 aromatic carbocycles. The summed E-state index contributed by atoms with van der Waals surface area (Å²) >= 11 is 6.01. The van der Waals surface area contributed by atoms with Gasteiger partial charge in [0.15, 0.2) is 0 Å². The number of aromatic nitrogens is 2. The molecular formula is C14H16ClN3. The van der Waals surface area contributed by atoms with Crippen LogP contribution in [-0.4, -0.2) is 16.1 Å². The van der Waals surface area contributed by atoms with Crippen molar-refractivity contribution >= 4 is 11.6 Å². The standard InChI is InChI=1S/C14H16ClN3/c15-12-4-1-3-11(7-12)9-18-10-16-8-14(18)13-5-2-6-17-13/h1,3-4,7-8,10,13,17H,2,5-6,9H2/t13-/m0/s1. The van der Waals surface area contributed by atoms with Crippen molar-refractivity contribution in [1.82, 2.24) is 14.9 Å². The van der Waals surface area contributed by atoms with Gasteiger partial charge in [0, 0.05) is 23.8 Å². The topological polar surface area (TPSA) is 29.9 Å². The van der Waals surface area contributed by atoms with Gasteiger partial charge in [0.25, 0.3) is 0 Å². The number of nitrogens with zero attached hydrogens (tertiary/aromatic N) is 2. The lowest BCUT2D eigenvalue weighted by Gasteiger charge is -2.14. The Hall–Kier alpha value is -1.32. The zero-order valence-corrected chi connectivity index (χ0v) is 10.9. The largest absolute Gasteiger partial charge is 0.329 e. The molecule has 3 nitrogen and oxygen atoms in total. The second-order valence-electron chi connectivity index (χ2n) is 4.73. The van der Waals surface area contributed by atoms with E-state index in [-0.39, 0.29) is 0 Å². The van der Waals surface area contributed by atoms with Crippen LogP contribution in [0.25, 0.3) is 0 Å². The average molecular weight is 262 g/mol. The molecule has 3 rings (SSSR count). The number of benzene rings is 1. The van der Waals surface area contributed by atoms with Crippen molar-refractivity contribution in [2.75, 3.05) is 6.54 Å². The molecule has 0 spiro atoms. The molecule has 0 radical (unpaired) electrons. The molecule has 2 heterocycles. The third-order valence-electron chi connectivity index (χ3n) is 3.40. The zero-order chi connectivity index (χ0) is 12.4. The van der Waals surface area contributed by atoms with Crippen LogP contribution in [0.15, 0.2) is 36.8 Å². The van der Waals surface area contributed by atoms with Crippen molar-refractivity contribution in [1.29, 1.82) is 0 Å². The predicted molar refractivity (Wildman–Crippen MR) is 72.8 cm³/mol. The van der Waals surface area contributed by atoms with Gasteiger partial charge < -0.3 is 9.88 Å². The van der Waals surface area contributed by atoms with Gasteiger partial charge in [-0.2, -0.15) is 0 Å². The molecule has 0 saturated carbocycles. The highest BCUT2D eigenvalue weighted by molar-refractivity contribution is 6.30. The van der Waals surface area contributed by atoms with Crippen molar-refractivity contribution in [3.8, 4) is 0 Å². The summed E-state index contributed by atoms with van der Waals surface area (Å²) < 4.78 is 2.20. The summed E-state index contributed by atoms with van der Waals surface area (Å²) in [6.45, 7) is 1.93. The summed E-state index contributed by atoms with van der Waals surface area (Å²) in [4.78, 5) is 4.28. The maximum absolute atomic E-state index is 6.01. The fraction of sp³-hybridized carbons (Fsp3) is 0.357. The van der Waals surface area contributed by atoms with Crippen molar-refractivity contribution < 1.29 is 0 Å². The summed E-state index contributed by atoms with van der Waals surface area (Å²) in [5.41, 5.74) is 2.48. The summed E-state index contributed by atoms with van der Waals surface area (Å²) in [6.07, 6.45) is 6.30. The van der Waals surface area contributed by atoms with Crippen LogP contribution in [0.2, 0.25) is 5.02 Å². The van der Waals surface area contributed by atoms with Gasteiger partial charge >= 0.3 is 0 Å². The molecule has 1 saturated heterocycles. The molecule has 4 heteroatoms. The number of halogens is 1. The predicted octanol–water partition coefficient (Wildman–Crippen LogP) is 3.01. The molecule has 1 fully saturated rings. The lowest BCUT2D eigenvalue weighted by atomic mass is 10.1. The van der Waals surface area contributed by atoms with Gasteiger partial charge in [-0.3, -0.25) is 0 Å². The fourth-order valence-corrected chi connectivity index (χ4v) is 2.74. The molecule has 0 unspecified atom stereocenters. The Labute approximate surface area is 112 Å². The van der Waals surface area contributed by atoms with E-state index in [1.807, 2.05) is 30.7 Å². The second kappa shape index (κ2) is 5.12. The van der Waals surface area contributed by atoms with Crippen LogP contribution in [-0.2, 0) is 6.54 Å². The first-order valence-corrected chi connectivity index (χ1v) is 6.68. The van der Waals surface area contributed by atoms with Crippen LogP contribution in [0, 0.1) is 0 Å². The molecular weight excluding hydrogens is 246 g/mol. The Morgan fingerprint density at radius 2 is 2.39 bits per heavy atom. The van der Waals surface area contributed by atoms with Crippen molar-refractivity contribution in [3.63, 3.8) is 0 Å². The molecule has 0 bridgehead atoms. The summed E-state index contributed by atoms with van der Waals surface area (Å²) in [5.74, 6) is 0. The Balaban J connectivity index is 1.82. The van der Waals surface area contributed by atoms with E-state index in [1.54, 1.807) is 0 Å². The van der Waals surface area contributed by atoms with Crippen molar-refractivity contribution in [2.24, 2.45) is 0 Å². The number of imidazole rings is 1. The van der Waals surface area contributed by atoms with Crippen LogP contribution in [0.4, 0.5) is 0 Å². The summed E-state index contributed by atoms with van der Waals surface area (Å²) in [7, 11) is 0. The molecule has 1 N–H and O–H groups in total. The van der Waals surface area contributed by atoms with E-state index in [0.29, 0.717) is 6.04 Å². The van der Waals surface area contributed by atoms with Crippen molar-refractivity contribution in [3.05, 3.63) is 53.1 Å². The quantitative estimate of drug-likeness (QED) is 0.921. The molecule has 1 aliphatic rings. The van der Waals surface area contributed by atoms with E-state index in [0.717, 1.165) is 18.1 Å². The van der Waals surface area contributed by atoms with Crippen LogP contribution in [0.1, 0.15) is 30.1 Å². The Kier molecular flexibility index (Phi) is 3.35. The molecule has 1 aliphatic heterocycles. The molecule has 0 amide bonds. The Bertz CT molecular complexity index is 529. The number of hydrogen-bond donors (Lipinski definition) is 1. The Morgan fingerprint density at radius 1 is 1.44 bits per heavy atom. The molecule has 94 valence electrons. The van der Waals surface area contributed by atoms with Gasteiger partial charge in [-0.25, -0.2) is 4.98 Å². The van der Waals surface area contributed by atoms with E-state index in [1.165, 1.54) is 24.1 Å². The SMILES string of the molecule is Clc1cccc(Cn2cncc2[C@@H]2CCCN2)c1. The fourth-order valence-electron chi connectivity index (χ4n) is 2.52. The highest BCUT2D eigenvalue weighted by Gasteiger charge is 2.19. The van der Waals surface area contributed by atoms with Crippen LogP contribution >= 0.6 is 11.6 Å². The minimum absolute atomic E-state index is 0.451. The van der Waals surface area contributed by atoms with Gasteiger partial charge in [-0.05, 0) is 37.1 Å². The highest BCUT2D eigenvalue weighted by atomic mass is 35.5. The molecule has 1 aromatic heterocycles. The summed E-state index contributed by atoms with van der Waals surface area (Å²) in [5, 5.41) is 4.29. The molecule has 2 aromatic rings. The van der Waals surface area contributed by atoms with E-state index < -0.39 is 0 Å². The first-order chi connectivity index (χ1) is 8.83. The first-order valence-electron chi connectivity index (χ1n) is 6.31. The molecule has 18 heavy (non-hydrogen) atoms. The minimum atomic E-state index is 0.451. The maximum atomic E-state index is 6.01. The third-order valence-corrected chi connectivity index (χ3v) is 3.64. The Morgan fingerprint density at radius 3 is 3.17 bits per heavy atom. The molecule has 1 atom stereocenters. The lowest BCUT2D eigenvalue weighted by Crippen LogP contribution is -2.17. The average Bonchev–Trinajstić information content (AvgIpc) is 2.98. The number of hydrogen-bond acceptors (Lipinski definition) is 2. The van der Waals surface area contributed by atoms with Gasteiger partial charge in [0.2, 0.25) is 0 Å². The van der Waals surface area contributed by atoms with E-state index in [9.17, 15) is 0 Å². The van der Waals surface area contributed by atoms with Crippen LogP contribution in [0.3, 0.4) is 0 Å². The summed E-state index contributed by atoms with van der Waals surface area (Å²) in [6, 6.07) is 8.44. The van der Waals surface area contributed by atoms with Crippen LogP contribution < -0.4 is 5.32 Å². The molecule has 0 aliphatic carbocycles. The minimum Gasteiger partial charge on any atom is -0.329 e. The van der Waals surface area contributed by atoms with Crippen molar-refractivity contribution in [2.45, 2.75) is 25.4 Å². The lowest BCUT2D eigenvalue weighted by molar-refractivity contribution is 0.584. The van der Waals surface area contributed by atoms with Crippen LogP contribution in [0.5, 0.6) is 0 Å². The van der Waals surface area contributed by atoms with E-state index >= 15 is 0 Å². The van der Waals surface area contributed by atoms with E-state index in [2.05, 4.69) is 20.9 Å². The maximum Gasteiger partial charge on any atom is 0.0951 e. The first kappa shape index (κ1) is 11.8. The normalized spacial score (nSPS) is 19.3. The van der Waals surface area contributed by atoms with Gasteiger partial charge in [0.05, 0.1) is 12.0 Å². The smallest absolute Gasteiger partial charge is 0.0951 e.